The van der Waals surface area contributed by atoms with Crippen molar-refractivity contribution in [3.63, 3.8) is 0 Å². The van der Waals surface area contributed by atoms with Crippen LogP contribution in [0, 0.1) is 0 Å². The van der Waals surface area contributed by atoms with Crippen molar-refractivity contribution in [2.45, 2.75) is 24.5 Å². The minimum atomic E-state index is -0.294. The molecule has 2 nitrogen and oxygen atoms in total. The Morgan fingerprint density at radius 1 is 1.25 bits per heavy atom. The van der Waals surface area contributed by atoms with Crippen LogP contribution in [0.25, 0.3) is 10.9 Å². The molecule has 16 heavy (non-hydrogen) atoms. The molecule has 2 heterocycles. The molecular formula is C13H14NOSi. The number of para-hydroxylation sites is 1. The average Bonchev–Trinajstić information content (AvgIpc) is 2.74. The molecule has 3 radical (unpaired) electrons. The van der Waals surface area contributed by atoms with Gasteiger partial charge in [-0.25, -0.2) is 0 Å². The van der Waals surface area contributed by atoms with E-state index in [9.17, 15) is 0 Å². The third-order valence-corrected chi connectivity index (χ3v) is 3.96. The van der Waals surface area contributed by atoms with Gasteiger partial charge in [-0.05, 0) is 25.3 Å². The van der Waals surface area contributed by atoms with Crippen molar-refractivity contribution < 1.29 is 4.74 Å². The summed E-state index contributed by atoms with van der Waals surface area (Å²) in [5.74, 6) is 0. The zero-order valence-electron chi connectivity index (χ0n) is 9.12. The Morgan fingerprint density at radius 3 is 2.94 bits per heavy atom. The van der Waals surface area contributed by atoms with Crippen LogP contribution in [0.1, 0.15) is 24.8 Å². The lowest BCUT2D eigenvalue weighted by Crippen LogP contribution is -2.33. The van der Waals surface area contributed by atoms with Gasteiger partial charge in [-0.3, -0.25) is 0 Å². The van der Waals surface area contributed by atoms with E-state index in [2.05, 4.69) is 39.6 Å². The maximum absolute atomic E-state index is 5.91. The largest absolute Gasteiger partial charge is 0.375 e. The molecule has 1 unspecified atom stereocenters. The zero-order chi connectivity index (χ0) is 11.0. The molecule has 1 aromatic heterocycles. The maximum Gasteiger partial charge on any atom is 0.0774 e. The molecule has 0 aliphatic carbocycles. The van der Waals surface area contributed by atoms with Crippen LogP contribution in [0.3, 0.4) is 0 Å². The van der Waals surface area contributed by atoms with Gasteiger partial charge in [0.05, 0.1) is 15.5 Å². The van der Waals surface area contributed by atoms with Crippen molar-refractivity contribution >= 4 is 21.1 Å². The number of H-pyrrole nitrogens is 1. The Bertz CT molecular complexity index is 499. The standard InChI is InChI=1S/C13H14NOSi/c16-13(7-3-4-8-15-13)11-9-14-12-6-2-1-5-10(11)12/h1-2,5-6,9,14H,3-4,7-8H2. The maximum atomic E-state index is 5.91. The highest BCUT2D eigenvalue weighted by Gasteiger charge is 2.31. The number of benzene rings is 1. The highest BCUT2D eigenvalue weighted by Crippen LogP contribution is 2.36. The minimum Gasteiger partial charge on any atom is -0.375 e. The number of fused-ring (bicyclic) bond motifs is 1. The number of aromatic nitrogens is 1. The molecule has 81 valence electrons. The number of hydrogen-bond acceptors (Lipinski definition) is 1. The molecule has 0 saturated carbocycles. The molecule has 1 aliphatic heterocycles. The second kappa shape index (κ2) is 3.75. The number of rotatable bonds is 1. The molecule has 1 fully saturated rings. The summed E-state index contributed by atoms with van der Waals surface area (Å²) >= 11 is 0. The normalized spacial score (nSPS) is 26.1. The van der Waals surface area contributed by atoms with Gasteiger partial charge in [-0.2, -0.15) is 0 Å². The number of hydrogen-bond donors (Lipinski definition) is 1. The van der Waals surface area contributed by atoms with Crippen molar-refractivity contribution in [2.24, 2.45) is 0 Å². The Labute approximate surface area is 98.4 Å². The average molecular weight is 228 g/mol. The Morgan fingerprint density at radius 2 is 2.12 bits per heavy atom. The fourth-order valence-corrected chi connectivity index (χ4v) is 2.90. The monoisotopic (exact) mass is 228 g/mol. The van der Waals surface area contributed by atoms with Crippen molar-refractivity contribution in [3.8, 4) is 0 Å². The quantitative estimate of drug-likeness (QED) is 0.746. The molecule has 1 aromatic carbocycles. The third kappa shape index (κ3) is 1.51. The molecule has 1 N–H and O–H groups in total. The highest BCUT2D eigenvalue weighted by atomic mass is 28.1. The lowest BCUT2D eigenvalue weighted by atomic mass is 10.00. The van der Waals surface area contributed by atoms with Gasteiger partial charge in [-0.1, -0.05) is 18.2 Å². The van der Waals surface area contributed by atoms with Crippen molar-refractivity contribution in [2.75, 3.05) is 6.61 Å². The predicted molar refractivity (Wildman–Crippen MR) is 65.5 cm³/mol. The molecule has 1 saturated heterocycles. The van der Waals surface area contributed by atoms with Gasteiger partial charge in [0.15, 0.2) is 0 Å². The SMILES string of the molecule is [Si]C1(c2c[nH]c3ccccc23)CCCCO1. The summed E-state index contributed by atoms with van der Waals surface area (Å²) in [7, 11) is 3.82. The molecule has 1 atom stereocenters. The van der Waals surface area contributed by atoms with E-state index >= 15 is 0 Å². The summed E-state index contributed by atoms with van der Waals surface area (Å²) in [6, 6.07) is 8.35. The second-order valence-corrected chi connectivity index (χ2v) is 5.19. The van der Waals surface area contributed by atoms with Gasteiger partial charge < -0.3 is 9.72 Å². The summed E-state index contributed by atoms with van der Waals surface area (Å²) in [4.78, 5) is 3.30. The van der Waals surface area contributed by atoms with Gasteiger partial charge in [0, 0.05) is 29.3 Å². The van der Waals surface area contributed by atoms with Crippen molar-refractivity contribution in [1.82, 2.24) is 4.98 Å². The first kappa shape index (κ1) is 10.1. The van der Waals surface area contributed by atoms with E-state index < -0.39 is 0 Å². The summed E-state index contributed by atoms with van der Waals surface area (Å²) in [5, 5.41) is 0.956. The van der Waals surface area contributed by atoms with Crippen LogP contribution in [0.2, 0.25) is 0 Å². The molecule has 0 bridgehead atoms. The van der Waals surface area contributed by atoms with Crippen LogP contribution in [0.4, 0.5) is 0 Å². The fraction of sp³-hybridized carbons (Fsp3) is 0.385. The van der Waals surface area contributed by atoms with Gasteiger partial charge in [0.2, 0.25) is 0 Å². The first-order chi connectivity index (χ1) is 7.80. The van der Waals surface area contributed by atoms with E-state index in [1.807, 2.05) is 6.07 Å². The zero-order valence-corrected chi connectivity index (χ0v) is 10.1. The Kier molecular flexibility index (Phi) is 2.37. The molecule has 0 spiro atoms. The van der Waals surface area contributed by atoms with Crippen molar-refractivity contribution in [1.29, 1.82) is 0 Å². The minimum absolute atomic E-state index is 0.294. The van der Waals surface area contributed by atoms with E-state index in [0.29, 0.717) is 0 Å². The Balaban J connectivity index is 2.11. The fourth-order valence-electron chi connectivity index (χ4n) is 2.41. The lowest BCUT2D eigenvalue weighted by molar-refractivity contribution is -0.0200. The van der Waals surface area contributed by atoms with Crippen molar-refractivity contribution in [3.05, 3.63) is 36.0 Å². The molecule has 3 heteroatoms. The van der Waals surface area contributed by atoms with Crippen LogP contribution in [-0.2, 0) is 9.96 Å². The molecular weight excluding hydrogens is 214 g/mol. The summed E-state index contributed by atoms with van der Waals surface area (Å²) in [5.41, 5.74) is 2.39. The summed E-state index contributed by atoms with van der Waals surface area (Å²) in [6.07, 6.45) is 5.46. The van der Waals surface area contributed by atoms with Crippen LogP contribution in [0.15, 0.2) is 30.5 Å². The van der Waals surface area contributed by atoms with E-state index in [4.69, 9.17) is 4.74 Å². The third-order valence-electron chi connectivity index (χ3n) is 3.30. The molecule has 3 rings (SSSR count). The van der Waals surface area contributed by atoms with Gasteiger partial charge >= 0.3 is 0 Å². The molecule has 2 aromatic rings. The lowest BCUT2D eigenvalue weighted by Gasteiger charge is -2.33. The topological polar surface area (TPSA) is 25.0 Å². The summed E-state index contributed by atoms with van der Waals surface area (Å²) < 4.78 is 5.91. The predicted octanol–water partition coefficient (Wildman–Crippen LogP) is 2.69. The number of aromatic amines is 1. The van der Waals surface area contributed by atoms with Crippen LogP contribution in [-0.4, -0.2) is 21.8 Å². The van der Waals surface area contributed by atoms with E-state index in [1.165, 1.54) is 22.9 Å². The summed E-state index contributed by atoms with van der Waals surface area (Å²) in [6.45, 7) is 0.836. The number of nitrogens with one attached hydrogen (secondary N) is 1. The Hall–Kier alpha value is -1.06. The van der Waals surface area contributed by atoms with E-state index in [0.717, 1.165) is 19.4 Å². The van der Waals surface area contributed by atoms with Gasteiger partial charge in [0.25, 0.3) is 0 Å². The van der Waals surface area contributed by atoms with Gasteiger partial charge in [0.1, 0.15) is 0 Å². The second-order valence-electron chi connectivity index (χ2n) is 4.38. The molecule has 0 amide bonds. The molecule has 1 aliphatic rings. The first-order valence-corrected chi connectivity index (χ1v) is 6.25. The van der Waals surface area contributed by atoms with Crippen LogP contribution in [0.5, 0.6) is 0 Å². The van der Waals surface area contributed by atoms with E-state index in [1.54, 1.807) is 0 Å². The smallest absolute Gasteiger partial charge is 0.0774 e. The highest BCUT2D eigenvalue weighted by molar-refractivity contribution is 6.16. The van der Waals surface area contributed by atoms with Crippen LogP contribution >= 0.6 is 0 Å². The van der Waals surface area contributed by atoms with Crippen LogP contribution < -0.4 is 0 Å². The number of ether oxygens (including phenoxy) is 1. The van der Waals surface area contributed by atoms with Gasteiger partial charge in [-0.15, -0.1) is 0 Å². The first-order valence-electron chi connectivity index (χ1n) is 5.75. The van der Waals surface area contributed by atoms with E-state index in [-0.39, 0.29) is 5.22 Å².